The maximum absolute atomic E-state index is 9.64. The van der Waals surface area contributed by atoms with Crippen LogP contribution in [-0.2, 0) is 19.6 Å². The summed E-state index contributed by atoms with van der Waals surface area (Å²) in [6.07, 6.45) is 1.64. The monoisotopic (exact) mass is 538 g/mol. The van der Waals surface area contributed by atoms with Gasteiger partial charge in [0.15, 0.2) is 5.96 Å². The highest BCUT2D eigenvalue weighted by atomic mass is 127. The summed E-state index contributed by atoms with van der Waals surface area (Å²) in [6, 6.07) is 16.9. The number of likely N-dealkylation sites (tertiary alicyclic amines) is 1. The van der Waals surface area contributed by atoms with Gasteiger partial charge in [-0.25, -0.2) is 0 Å². The average Bonchev–Trinajstić information content (AvgIpc) is 2.77. The highest BCUT2D eigenvalue weighted by Crippen LogP contribution is 2.15. The molecule has 31 heavy (non-hydrogen) atoms. The molecule has 0 amide bonds. The molecule has 1 fully saturated rings. The molecule has 7 heteroatoms. The third-order valence-corrected chi connectivity index (χ3v) is 5.59. The minimum Gasteiger partial charge on any atom is -0.497 e. The molecular weight excluding hydrogens is 503 g/mol. The Balaban J connectivity index is 0.00000341. The number of aliphatic imine (C=N–C) groups is 1. The van der Waals surface area contributed by atoms with Crippen molar-refractivity contribution < 1.29 is 9.84 Å². The number of halogens is 1. The molecule has 2 aromatic carbocycles. The smallest absolute Gasteiger partial charge is 0.193 e. The van der Waals surface area contributed by atoms with Gasteiger partial charge in [-0.1, -0.05) is 36.4 Å². The Bertz CT molecular complexity index is 803. The number of benzene rings is 2. The quantitative estimate of drug-likeness (QED) is 0.321. The fourth-order valence-corrected chi connectivity index (χ4v) is 3.74. The molecule has 1 saturated heterocycles. The Labute approximate surface area is 203 Å². The Hall–Kier alpha value is -1.84. The number of aliphatic hydroxyl groups is 1. The van der Waals surface area contributed by atoms with Gasteiger partial charge in [-0.15, -0.1) is 24.0 Å². The molecule has 0 unspecified atom stereocenters. The van der Waals surface area contributed by atoms with Crippen LogP contribution < -0.4 is 10.1 Å². The molecule has 0 bridgehead atoms. The summed E-state index contributed by atoms with van der Waals surface area (Å²) >= 11 is 0. The lowest BCUT2D eigenvalue weighted by molar-refractivity contribution is 0.0792. The molecule has 0 radical (unpaired) electrons. The van der Waals surface area contributed by atoms with Crippen molar-refractivity contribution in [1.82, 2.24) is 15.1 Å². The molecule has 0 aromatic heterocycles. The maximum atomic E-state index is 9.64. The molecule has 0 spiro atoms. The van der Waals surface area contributed by atoms with Gasteiger partial charge in [-0.3, -0.25) is 9.89 Å². The summed E-state index contributed by atoms with van der Waals surface area (Å²) in [4.78, 5) is 8.94. The number of aliphatic hydroxyl groups excluding tert-OH is 1. The Kier molecular flexibility index (Phi) is 10.6. The first kappa shape index (κ1) is 25.4. The van der Waals surface area contributed by atoms with Crippen LogP contribution in [0.25, 0.3) is 0 Å². The topological polar surface area (TPSA) is 60.3 Å². The molecule has 0 aliphatic carbocycles. The molecule has 0 atom stereocenters. The minimum atomic E-state index is -0.119. The van der Waals surface area contributed by atoms with E-state index in [9.17, 15) is 5.11 Å². The third kappa shape index (κ3) is 7.97. The van der Waals surface area contributed by atoms with Crippen LogP contribution in [0.15, 0.2) is 53.5 Å². The van der Waals surface area contributed by atoms with Crippen molar-refractivity contribution in [2.24, 2.45) is 4.99 Å². The zero-order valence-electron chi connectivity index (χ0n) is 18.8. The van der Waals surface area contributed by atoms with E-state index in [1.165, 1.54) is 16.7 Å². The van der Waals surface area contributed by atoms with Crippen LogP contribution in [0.1, 0.15) is 29.5 Å². The van der Waals surface area contributed by atoms with Crippen molar-refractivity contribution in [3.63, 3.8) is 0 Å². The zero-order chi connectivity index (χ0) is 21.3. The van der Waals surface area contributed by atoms with Crippen LogP contribution >= 0.6 is 24.0 Å². The van der Waals surface area contributed by atoms with Gasteiger partial charge in [0, 0.05) is 46.8 Å². The summed E-state index contributed by atoms with van der Waals surface area (Å²) in [6.45, 7) is 4.40. The second-order valence-corrected chi connectivity index (χ2v) is 7.93. The molecule has 2 N–H and O–H groups in total. The number of rotatable bonds is 7. The van der Waals surface area contributed by atoms with Crippen LogP contribution in [0, 0.1) is 0 Å². The van der Waals surface area contributed by atoms with E-state index in [0.717, 1.165) is 57.3 Å². The van der Waals surface area contributed by atoms with E-state index in [2.05, 4.69) is 56.5 Å². The predicted molar refractivity (Wildman–Crippen MR) is 137 cm³/mol. The van der Waals surface area contributed by atoms with Crippen LogP contribution in [0.3, 0.4) is 0 Å². The summed E-state index contributed by atoms with van der Waals surface area (Å²) in [5.74, 6) is 1.73. The van der Waals surface area contributed by atoms with Crippen molar-refractivity contribution in [2.45, 2.75) is 38.6 Å². The first-order chi connectivity index (χ1) is 14.6. The summed E-state index contributed by atoms with van der Waals surface area (Å²) in [5, 5.41) is 13.1. The van der Waals surface area contributed by atoms with Crippen molar-refractivity contribution in [2.75, 3.05) is 34.3 Å². The summed E-state index contributed by atoms with van der Waals surface area (Å²) < 4.78 is 5.22. The van der Waals surface area contributed by atoms with Gasteiger partial charge in [0.05, 0.1) is 13.2 Å². The Morgan fingerprint density at radius 3 is 2.23 bits per heavy atom. The van der Waals surface area contributed by atoms with Gasteiger partial charge >= 0.3 is 0 Å². The number of hydrogen-bond donors (Lipinski definition) is 2. The molecule has 6 nitrogen and oxygen atoms in total. The molecule has 0 saturated carbocycles. The summed E-state index contributed by atoms with van der Waals surface area (Å²) in [5.41, 5.74) is 3.75. The highest BCUT2D eigenvalue weighted by Gasteiger charge is 2.16. The van der Waals surface area contributed by atoms with E-state index in [4.69, 9.17) is 4.74 Å². The Morgan fingerprint density at radius 2 is 1.65 bits per heavy atom. The van der Waals surface area contributed by atoms with E-state index in [1.807, 2.05) is 26.2 Å². The zero-order valence-corrected chi connectivity index (χ0v) is 21.1. The van der Waals surface area contributed by atoms with E-state index in [-0.39, 0.29) is 30.1 Å². The molecule has 170 valence electrons. The number of nitrogens with zero attached hydrogens (tertiary/aromatic N) is 3. The fraction of sp³-hybridized carbons (Fsp3) is 0.458. The van der Waals surface area contributed by atoms with E-state index in [0.29, 0.717) is 0 Å². The minimum absolute atomic E-state index is 0. The van der Waals surface area contributed by atoms with Gasteiger partial charge in [0.25, 0.3) is 0 Å². The number of ether oxygens (including phenoxy) is 1. The molecular formula is C24H35IN4O2. The van der Waals surface area contributed by atoms with E-state index in [1.54, 1.807) is 7.11 Å². The largest absolute Gasteiger partial charge is 0.497 e. The number of nitrogens with one attached hydrogen (secondary N) is 1. The molecule has 2 aromatic rings. The van der Waals surface area contributed by atoms with Gasteiger partial charge in [-0.2, -0.15) is 0 Å². The van der Waals surface area contributed by atoms with Crippen LogP contribution in [0.2, 0.25) is 0 Å². The third-order valence-electron chi connectivity index (χ3n) is 5.59. The van der Waals surface area contributed by atoms with Gasteiger partial charge in [0.1, 0.15) is 5.75 Å². The highest BCUT2D eigenvalue weighted by molar-refractivity contribution is 14.0. The lowest BCUT2D eigenvalue weighted by Gasteiger charge is -2.29. The standard InChI is InChI=1S/C24H34N4O2.HI/c1-25-24(27(2)17-20-8-10-23(30-3)11-9-20)26-16-19-4-6-21(7-5-19)18-28-14-12-22(29)13-15-28;/h4-11,22,29H,12-18H2,1-3H3,(H,25,26);1H. The van der Waals surface area contributed by atoms with Crippen LogP contribution in [0.4, 0.5) is 0 Å². The predicted octanol–water partition coefficient (Wildman–Crippen LogP) is 3.48. The second kappa shape index (κ2) is 12.9. The first-order valence-corrected chi connectivity index (χ1v) is 10.6. The van der Waals surface area contributed by atoms with Gasteiger partial charge < -0.3 is 20.1 Å². The summed E-state index contributed by atoms with van der Waals surface area (Å²) in [7, 11) is 5.53. The normalized spacial score (nSPS) is 15.3. The maximum Gasteiger partial charge on any atom is 0.193 e. The number of hydrogen-bond acceptors (Lipinski definition) is 4. The molecule has 1 heterocycles. The van der Waals surface area contributed by atoms with Crippen LogP contribution in [0.5, 0.6) is 5.75 Å². The van der Waals surface area contributed by atoms with Crippen molar-refractivity contribution in [3.8, 4) is 5.75 Å². The van der Waals surface area contributed by atoms with Gasteiger partial charge in [-0.05, 0) is 41.7 Å². The fourth-order valence-electron chi connectivity index (χ4n) is 3.74. The van der Waals surface area contributed by atoms with E-state index >= 15 is 0 Å². The number of guanidine groups is 1. The van der Waals surface area contributed by atoms with Crippen molar-refractivity contribution >= 4 is 29.9 Å². The SMILES string of the molecule is CN=C(NCc1ccc(CN2CCC(O)CC2)cc1)N(C)Cc1ccc(OC)cc1.I. The second-order valence-electron chi connectivity index (χ2n) is 7.93. The average molecular weight is 538 g/mol. The van der Waals surface area contributed by atoms with Crippen molar-refractivity contribution in [1.29, 1.82) is 0 Å². The first-order valence-electron chi connectivity index (χ1n) is 10.6. The van der Waals surface area contributed by atoms with Crippen molar-refractivity contribution in [3.05, 3.63) is 65.2 Å². The molecule has 3 rings (SSSR count). The van der Waals surface area contributed by atoms with Gasteiger partial charge in [0.2, 0.25) is 0 Å². The molecule has 1 aliphatic rings. The van der Waals surface area contributed by atoms with Crippen LogP contribution in [-0.4, -0.2) is 61.3 Å². The molecule has 1 aliphatic heterocycles. The lowest BCUT2D eigenvalue weighted by atomic mass is 10.1. The number of methoxy groups -OCH3 is 1. The number of piperidine rings is 1. The van der Waals surface area contributed by atoms with E-state index < -0.39 is 0 Å². The Morgan fingerprint density at radius 1 is 1.06 bits per heavy atom. The lowest BCUT2D eigenvalue weighted by Crippen LogP contribution is -2.38.